The Morgan fingerprint density at radius 1 is 1.17 bits per heavy atom. The average Bonchev–Trinajstić information content (AvgIpc) is 3.34. The number of amides is 1. The minimum Gasteiger partial charge on any atom is -0.366 e. The van der Waals surface area contributed by atoms with Crippen LogP contribution in [0.2, 0.25) is 0 Å². The fourth-order valence-corrected chi connectivity index (χ4v) is 4.12. The van der Waals surface area contributed by atoms with Gasteiger partial charge < -0.3 is 11.1 Å². The number of benzene rings is 1. The van der Waals surface area contributed by atoms with Crippen molar-refractivity contribution >= 4 is 34.1 Å². The zero-order valence-electron chi connectivity index (χ0n) is 17.1. The summed E-state index contributed by atoms with van der Waals surface area (Å²) in [5, 5.41) is 9.62. The van der Waals surface area contributed by atoms with Crippen molar-refractivity contribution in [3.63, 3.8) is 0 Å². The van der Waals surface area contributed by atoms with E-state index >= 15 is 0 Å². The van der Waals surface area contributed by atoms with E-state index in [1.165, 1.54) is 16.9 Å². The molecule has 30 heavy (non-hydrogen) atoms. The second-order valence-corrected chi connectivity index (χ2v) is 7.94. The van der Waals surface area contributed by atoms with E-state index in [-0.39, 0.29) is 11.9 Å². The lowest BCUT2D eigenvalue weighted by Crippen LogP contribution is -2.14. The fourth-order valence-electron chi connectivity index (χ4n) is 3.38. The predicted molar refractivity (Wildman–Crippen MR) is 119 cm³/mol. The molecule has 0 aliphatic rings. The number of nitrogens with two attached hydrogens (primary N) is 1. The number of nitrogen functional groups attached to an aromatic ring is 1. The van der Waals surface area contributed by atoms with Crippen LogP contribution < -0.4 is 11.1 Å². The second kappa shape index (κ2) is 8.19. The Bertz CT molecular complexity index is 1210. The van der Waals surface area contributed by atoms with Crippen LogP contribution in [0.3, 0.4) is 0 Å². The molecule has 0 spiro atoms. The predicted octanol–water partition coefficient (Wildman–Crippen LogP) is 3.58. The SMILES string of the molecule is CCc1ccc(-c2csc(NC(=O)CCc3c(C)nc4nc(N)nn4c3C)n2)cc1. The molecule has 3 aromatic heterocycles. The van der Waals surface area contributed by atoms with Crippen molar-refractivity contribution in [2.45, 2.75) is 40.0 Å². The third-order valence-electron chi connectivity index (χ3n) is 5.08. The van der Waals surface area contributed by atoms with Gasteiger partial charge >= 0.3 is 0 Å². The van der Waals surface area contributed by atoms with Crippen molar-refractivity contribution < 1.29 is 4.79 Å². The molecule has 4 aromatic rings. The van der Waals surface area contributed by atoms with Gasteiger partial charge in [0.05, 0.1) is 5.69 Å². The van der Waals surface area contributed by atoms with E-state index in [9.17, 15) is 4.79 Å². The highest BCUT2D eigenvalue weighted by molar-refractivity contribution is 7.14. The first-order chi connectivity index (χ1) is 14.4. The fraction of sp³-hybridized carbons (Fsp3) is 0.286. The molecule has 0 fully saturated rings. The Labute approximate surface area is 178 Å². The molecule has 0 saturated heterocycles. The van der Waals surface area contributed by atoms with Gasteiger partial charge in [-0.1, -0.05) is 31.2 Å². The molecular formula is C21H23N7OS. The molecule has 154 valence electrons. The summed E-state index contributed by atoms with van der Waals surface area (Å²) < 4.78 is 1.62. The van der Waals surface area contributed by atoms with E-state index < -0.39 is 0 Å². The first-order valence-electron chi connectivity index (χ1n) is 9.77. The van der Waals surface area contributed by atoms with E-state index in [1.54, 1.807) is 4.52 Å². The summed E-state index contributed by atoms with van der Waals surface area (Å²) in [7, 11) is 0. The lowest BCUT2D eigenvalue weighted by Gasteiger charge is -2.10. The van der Waals surface area contributed by atoms with Crippen LogP contribution in [0.25, 0.3) is 17.0 Å². The number of thiazole rings is 1. The van der Waals surface area contributed by atoms with Crippen LogP contribution in [0.5, 0.6) is 0 Å². The average molecular weight is 422 g/mol. The standard InChI is InChI=1S/C21H23N7OS/c1-4-14-5-7-15(8-6-14)17-11-30-21(24-17)25-18(29)10-9-16-12(2)23-20-26-19(22)27-28(20)13(16)3/h5-8,11H,4,9-10H2,1-3H3,(H2,22,27)(H,24,25,29). The monoisotopic (exact) mass is 421 g/mol. The number of nitrogens with zero attached hydrogens (tertiary/aromatic N) is 5. The molecule has 0 unspecified atom stereocenters. The second-order valence-electron chi connectivity index (χ2n) is 7.08. The molecule has 4 rings (SSSR count). The topological polar surface area (TPSA) is 111 Å². The molecule has 9 heteroatoms. The van der Waals surface area contributed by atoms with Gasteiger partial charge in [-0.05, 0) is 37.8 Å². The molecule has 0 radical (unpaired) electrons. The number of fused-ring (bicyclic) bond motifs is 1. The zero-order valence-corrected chi connectivity index (χ0v) is 18.0. The van der Waals surface area contributed by atoms with Gasteiger partial charge in [-0.2, -0.15) is 9.50 Å². The molecule has 0 aliphatic carbocycles. The summed E-state index contributed by atoms with van der Waals surface area (Å²) in [6.45, 7) is 5.96. The summed E-state index contributed by atoms with van der Waals surface area (Å²) in [6, 6.07) is 8.33. The van der Waals surface area contributed by atoms with Crippen molar-refractivity contribution in [2.75, 3.05) is 11.1 Å². The van der Waals surface area contributed by atoms with E-state index in [0.717, 1.165) is 34.6 Å². The van der Waals surface area contributed by atoms with Gasteiger partial charge in [0.15, 0.2) is 5.13 Å². The van der Waals surface area contributed by atoms with Crippen LogP contribution in [0.15, 0.2) is 29.6 Å². The number of nitrogens with one attached hydrogen (secondary N) is 1. The maximum Gasteiger partial charge on any atom is 0.254 e. The molecule has 1 amide bonds. The summed E-state index contributed by atoms with van der Waals surface area (Å²) in [6.07, 6.45) is 1.87. The summed E-state index contributed by atoms with van der Waals surface area (Å²) in [4.78, 5) is 25.6. The van der Waals surface area contributed by atoms with E-state index in [1.807, 2.05) is 19.2 Å². The highest BCUT2D eigenvalue weighted by Gasteiger charge is 2.15. The van der Waals surface area contributed by atoms with Crippen LogP contribution in [-0.4, -0.2) is 30.5 Å². The van der Waals surface area contributed by atoms with Crippen LogP contribution in [0, 0.1) is 13.8 Å². The molecule has 3 N–H and O–H groups in total. The van der Waals surface area contributed by atoms with Crippen LogP contribution in [0.4, 0.5) is 11.1 Å². The van der Waals surface area contributed by atoms with Gasteiger partial charge in [0.1, 0.15) is 0 Å². The van der Waals surface area contributed by atoms with Crippen molar-refractivity contribution in [1.82, 2.24) is 24.6 Å². The molecule has 0 bridgehead atoms. The van der Waals surface area contributed by atoms with Crippen molar-refractivity contribution in [1.29, 1.82) is 0 Å². The highest BCUT2D eigenvalue weighted by atomic mass is 32.1. The van der Waals surface area contributed by atoms with Gasteiger partial charge in [0, 0.05) is 28.8 Å². The molecule has 0 aliphatic heterocycles. The Morgan fingerprint density at radius 3 is 2.67 bits per heavy atom. The van der Waals surface area contributed by atoms with Gasteiger partial charge in [0.2, 0.25) is 11.9 Å². The van der Waals surface area contributed by atoms with Crippen molar-refractivity contribution in [3.05, 3.63) is 52.2 Å². The summed E-state index contributed by atoms with van der Waals surface area (Å²) >= 11 is 1.42. The third-order valence-corrected chi connectivity index (χ3v) is 5.83. The highest BCUT2D eigenvalue weighted by Crippen LogP contribution is 2.25. The summed E-state index contributed by atoms with van der Waals surface area (Å²) in [5.74, 6) is 0.566. The quantitative estimate of drug-likeness (QED) is 0.492. The maximum atomic E-state index is 12.5. The first-order valence-corrected chi connectivity index (χ1v) is 10.7. The van der Waals surface area contributed by atoms with Crippen molar-refractivity contribution in [2.24, 2.45) is 0 Å². The van der Waals surface area contributed by atoms with Gasteiger partial charge in [-0.25, -0.2) is 9.97 Å². The molecule has 1 aromatic carbocycles. The smallest absolute Gasteiger partial charge is 0.254 e. The van der Waals surface area contributed by atoms with Gasteiger partial charge in [0.25, 0.3) is 5.78 Å². The van der Waals surface area contributed by atoms with E-state index in [2.05, 4.69) is 56.6 Å². The number of rotatable bonds is 6. The Balaban J connectivity index is 1.42. The van der Waals surface area contributed by atoms with Crippen LogP contribution >= 0.6 is 11.3 Å². The lowest BCUT2D eigenvalue weighted by molar-refractivity contribution is -0.116. The minimum absolute atomic E-state index is 0.0887. The molecule has 8 nitrogen and oxygen atoms in total. The Kier molecular flexibility index (Phi) is 5.45. The molecule has 0 atom stereocenters. The maximum absolute atomic E-state index is 12.5. The number of anilines is 2. The number of aromatic nitrogens is 5. The Morgan fingerprint density at radius 2 is 1.93 bits per heavy atom. The number of hydrogen-bond donors (Lipinski definition) is 2. The minimum atomic E-state index is -0.0887. The van der Waals surface area contributed by atoms with E-state index in [4.69, 9.17) is 5.73 Å². The zero-order chi connectivity index (χ0) is 21.3. The lowest BCUT2D eigenvalue weighted by atomic mass is 10.1. The van der Waals surface area contributed by atoms with E-state index in [0.29, 0.717) is 23.8 Å². The molecular weight excluding hydrogens is 398 g/mol. The first kappa shape index (κ1) is 20.0. The van der Waals surface area contributed by atoms with Gasteiger partial charge in [-0.15, -0.1) is 16.4 Å². The molecule has 3 heterocycles. The number of hydrogen-bond acceptors (Lipinski definition) is 7. The van der Waals surface area contributed by atoms with Crippen LogP contribution in [0.1, 0.15) is 35.9 Å². The summed E-state index contributed by atoms with van der Waals surface area (Å²) in [5.41, 5.74) is 11.6. The van der Waals surface area contributed by atoms with Crippen LogP contribution in [-0.2, 0) is 17.6 Å². The van der Waals surface area contributed by atoms with Gasteiger partial charge in [-0.3, -0.25) is 4.79 Å². The normalized spacial score (nSPS) is 11.2. The number of aryl methyl sites for hydroxylation is 3. The number of carbonyl (C=O) groups is 1. The third kappa shape index (κ3) is 4.02. The largest absolute Gasteiger partial charge is 0.366 e. The Hall–Kier alpha value is -3.33. The molecule has 0 saturated carbocycles. The number of carbonyl (C=O) groups excluding carboxylic acids is 1. The van der Waals surface area contributed by atoms with Crippen molar-refractivity contribution in [3.8, 4) is 11.3 Å².